The summed E-state index contributed by atoms with van der Waals surface area (Å²) in [6, 6.07) is 7.99. The molecule has 3 N–H and O–H groups in total. The molecule has 0 bridgehead atoms. The average Bonchev–Trinajstić information content (AvgIpc) is 2.37. The number of carbonyl (C=O) groups excluding carboxylic acids is 1. The first-order valence-electron chi connectivity index (χ1n) is 7.46. The zero-order chi connectivity index (χ0) is 15.3. The van der Waals surface area contributed by atoms with Gasteiger partial charge in [0.05, 0.1) is 12.1 Å². The summed E-state index contributed by atoms with van der Waals surface area (Å²) in [5.41, 5.74) is 8.30. The lowest BCUT2D eigenvalue weighted by Gasteiger charge is -2.20. The van der Waals surface area contributed by atoms with Gasteiger partial charge in [0, 0.05) is 0 Å². The smallest absolute Gasteiger partial charge is 0.237 e. The Morgan fingerprint density at radius 2 is 1.62 bits per heavy atom. The molecular formula is C17H29ClN2O. The van der Waals surface area contributed by atoms with Crippen LogP contribution in [0.5, 0.6) is 0 Å². The number of amides is 1. The van der Waals surface area contributed by atoms with E-state index in [0.29, 0.717) is 5.92 Å². The molecule has 0 spiro atoms. The number of hydrogen-bond donors (Lipinski definition) is 2. The molecule has 0 saturated carbocycles. The second-order valence-electron chi connectivity index (χ2n) is 6.34. The zero-order valence-electron chi connectivity index (χ0n) is 13.7. The molecule has 0 aromatic heterocycles. The highest BCUT2D eigenvalue weighted by Crippen LogP contribution is 2.16. The lowest BCUT2D eigenvalue weighted by molar-refractivity contribution is -0.123. The molecule has 0 fully saturated rings. The van der Waals surface area contributed by atoms with Crippen LogP contribution in [0.4, 0.5) is 0 Å². The number of hydrogen-bond acceptors (Lipinski definition) is 2. The third kappa shape index (κ3) is 6.49. The van der Waals surface area contributed by atoms with Crippen molar-refractivity contribution >= 4 is 18.3 Å². The topological polar surface area (TPSA) is 55.1 Å². The Bertz CT molecular complexity index is 429. The van der Waals surface area contributed by atoms with E-state index in [0.717, 1.165) is 12.0 Å². The summed E-state index contributed by atoms with van der Waals surface area (Å²) < 4.78 is 0. The molecule has 0 aliphatic carbocycles. The van der Waals surface area contributed by atoms with Crippen LogP contribution in [-0.4, -0.2) is 11.9 Å². The van der Waals surface area contributed by atoms with Gasteiger partial charge in [-0.05, 0) is 36.3 Å². The number of nitrogens with two attached hydrogens (primary N) is 1. The molecule has 0 aliphatic rings. The molecule has 2 atom stereocenters. The van der Waals surface area contributed by atoms with Crippen molar-refractivity contribution in [1.82, 2.24) is 5.32 Å². The third-order valence-corrected chi connectivity index (χ3v) is 3.50. The minimum absolute atomic E-state index is 0. The SMILES string of the molecule is CC(C)Cc1ccc(C(C)NC(=O)C(N)C(C)C)cc1.Cl. The van der Waals surface area contributed by atoms with Crippen LogP contribution in [0, 0.1) is 11.8 Å². The van der Waals surface area contributed by atoms with Gasteiger partial charge in [-0.1, -0.05) is 52.0 Å². The lowest BCUT2D eigenvalue weighted by Crippen LogP contribution is -2.44. The molecule has 0 radical (unpaired) electrons. The first-order valence-corrected chi connectivity index (χ1v) is 7.46. The van der Waals surface area contributed by atoms with Crippen molar-refractivity contribution in [2.24, 2.45) is 17.6 Å². The summed E-state index contributed by atoms with van der Waals surface area (Å²) in [6.45, 7) is 10.3. The predicted octanol–water partition coefficient (Wildman–Crippen LogP) is 3.47. The zero-order valence-corrected chi connectivity index (χ0v) is 14.5. The molecular weight excluding hydrogens is 284 g/mol. The molecule has 1 rings (SSSR count). The molecule has 1 aromatic carbocycles. The van der Waals surface area contributed by atoms with E-state index in [9.17, 15) is 4.79 Å². The Labute approximate surface area is 135 Å². The Morgan fingerprint density at radius 1 is 1.10 bits per heavy atom. The molecule has 4 heteroatoms. The van der Waals surface area contributed by atoms with Gasteiger partial charge >= 0.3 is 0 Å². The normalized spacial score (nSPS) is 13.7. The first kappa shape index (κ1) is 19.9. The van der Waals surface area contributed by atoms with Gasteiger partial charge in [0.25, 0.3) is 0 Å². The maximum atomic E-state index is 11.9. The van der Waals surface area contributed by atoms with Crippen LogP contribution in [0.15, 0.2) is 24.3 Å². The van der Waals surface area contributed by atoms with Crippen LogP contribution in [0.2, 0.25) is 0 Å². The van der Waals surface area contributed by atoms with E-state index < -0.39 is 6.04 Å². The number of benzene rings is 1. The van der Waals surface area contributed by atoms with Crippen LogP contribution in [0.25, 0.3) is 0 Å². The van der Waals surface area contributed by atoms with E-state index in [-0.39, 0.29) is 30.3 Å². The van der Waals surface area contributed by atoms with Gasteiger partial charge in [-0.3, -0.25) is 4.79 Å². The monoisotopic (exact) mass is 312 g/mol. The minimum atomic E-state index is -0.447. The molecule has 2 unspecified atom stereocenters. The Balaban J connectivity index is 0.00000400. The molecule has 1 aromatic rings. The third-order valence-electron chi connectivity index (χ3n) is 3.50. The highest BCUT2D eigenvalue weighted by molar-refractivity contribution is 5.85. The molecule has 0 aliphatic heterocycles. The number of nitrogens with one attached hydrogen (secondary N) is 1. The van der Waals surface area contributed by atoms with Gasteiger partial charge in [0.15, 0.2) is 0 Å². The van der Waals surface area contributed by atoms with Gasteiger partial charge in [0.2, 0.25) is 5.91 Å². The molecule has 0 saturated heterocycles. The fourth-order valence-electron chi connectivity index (χ4n) is 2.11. The van der Waals surface area contributed by atoms with Crippen molar-refractivity contribution in [1.29, 1.82) is 0 Å². The quantitative estimate of drug-likeness (QED) is 0.845. The molecule has 0 heterocycles. The fourth-order valence-corrected chi connectivity index (χ4v) is 2.11. The van der Waals surface area contributed by atoms with Crippen molar-refractivity contribution < 1.29 is 4.79 Å². The molecule has 21 heavy (non-hydrogen) atoms. The Kier molecular flexibility index (Phi) is 8.60. The van der Waals surface area contributed by atoms with Crippen molar-refractivity contribution in [3.63, 3.8) is 0 Å². The first-order chi connectivity index (χ1) is 9.31. The predicted molar refractivity (Wildman–Crippen MR) is 91.6 cm³/mol. The maximum absolute atomic E-state index is 11.9. The van der Waals surface area contributed by atoms with Crippen molar-refractivity contribution in [2.45, 2.75) is 53.1 Å². The van der Waals surface area contributed by atoms with E-state index in [4.69, 9.17) is 5.73 Å². The van der Waals surface area contributed by atoms with Gasteiger partial charge in [-0.25, -0.2) is 0 Å². The molecule has 3 nitrogen and oxygen atoms in total. The standard InChI is InChI=1S/C17H28N2O.ClH/c1-11(2)10-14-6-8-15(9-7-14)13(5)19-17(20)16(18)12(3)4;/h6-9,11-13,16H,10,18H2,1-5H3,(H,19,20);1H. The van der Waals surface area contributed by atoms with Crippen LogP contribution in [0.3, 0.4) is 0 Å². The fraction of sp³-hybridized carbons (Fsp3) is 0.588. The van der Waals surface area contributed by atoms with Gasteiger partial charge in [-0.15, -0.1) is 12.4 Å². The van der Waals surface area contributed by atoms with E-state index in [1.165, 1.54) is 5.56 Å². The Morgan fingerprint density at radius 3 is 2.05 bits per heavy atom. The summed E-state index contributed by atoms with van der Waals surface area (Å²) in [6.07, 6.45) is 1.08. The summed E-state index contributed by atoms with van der Waals surface area (Å²) in [5, 5.41) is 2.97. The second kappa shape index (κ2) is 9.06. The lowest BCUT2D eigenvalue weighted by atomic mass is 9.99. The maximum Gasteiger partial charge on any atom is 0.237 e. The van der Waals surface area contributed by atoms with E-state index in [1.54, 1.807) is 0 Å². The molecule has 120 valence electrons. The van der Waals surface area contributed by atoms with Crippen LogP contribution in [0.1, 0.15) is 51.8 Å². The summed E-state index contributed by atoms with van der Waals surface area (Å²) in [4.78, 5) is 11.9. The molecule has 1 amide bonds. The van der Waals surface area contributed by atoms with Crippen molar-refractivity contribution in [2.75, 3.05) is 0 Å². The highest BCUT2D eigenvalue weighted by atomic mass is 35.5. The average molecular weight is 313 g/mol. The van der Waals surface area contributed by atoms with Crippen LogP contribution < -0.4 is 11.1 Å². The van der Waals surface area contributed by atoms with Gasteiger partial charge in [0.1, 0.15) is 0 Å². The van der Waals surface area contributed by atoms with Crippen molar-refractivity contribution in [3.8, 4) is 0 Å². The second-order valence-corrected chi connectivity index (χ2v) is 6.34. The largest absolute Gasteiger partial charge is 0.348 e. The van der Waals surface area contributed by atoms with Gasteiger partial charge in [-0.2, -0.15) is 0 Å². The summed E-state index contributed by atoms with van der Waals surface area (Å²) >= 11 is 0. The van der Waals surface area contributed by atoms with Gasteiger partial charge < -0.3 is 11.1 Å². The van der Waals surface area contributed by atoms with Crippen LogP contribution in [-0.2, 0) is 11.2 Å². The van der Waals surface area contributed by atoms with Crippen molar-refractivity contribution in [3.05, 3.63) is 35.4 Å². The highest BCUT2D eigenvalue weighted by Gasteiger charge is 2.19. The van der Waals surface area contributed by atoms with E-state index in [1.807, 2.05) is 20.8 Å². The Hall–Kier alpha value is -1.06. The van der Waals surface area contributed by atoms with Crippen LogP contribution >= 0.6 is 12.4 Å². The minimum Gasteiger partial charge on any atom is -0.348 e. The number of halogens is 1. The van der Waals surface area contributed by atoms with E-state index >= 15 is 0 Å². The number of carbonyl (C=O) groups is 1. The summed E-state index contributed by atoms with van der Waals surface area (Å²) in [5.74, 6) is 0.719. The number of rotatable bonds is 6. The van der Waals surface area contributed by atoms with E-state index in [2.05, 4.69) is 43.4 Å². The summed E-state index contributed by atoms with van der Waals surface area (Å²) in [7, 11) is 0.